The first-order valence-electron chi connectivity index (χ1n) is 5.99. The lowest BCUT2D eigenvalue weighted by atomic mass is 10.2. The quantitative estimate of drug-likeness (QED) is 0.760. The van der Waals surface area contributed by atoms with Gasteiger partial charge in [-0.05, 0) is 24.4 Å². The fraction of sp³-hybridized carbons (Fsp3) is 0.462. The highest BCUT2D eigenvalue weighted by atomic mass is 32.1. The molecule has 1 aromatic rings. The summed E-state index contributed by atoms with van der Waals surface area (Å²) in [7, 11) is 3.75. The highest BCUT2D eigenvalue weighted by Gasteiger charge is 2.16. The van der Waals surface area contributed by atoms with Crippen molar-refractivity contribution >= 4 is 23.1 Å². The van der Waals surface area contributed by atoms with Crippen molar-refractivity contribution in [2.24, 2.45) is 0 Å². The summed E-state index contributed by atoms with van der Waals surface area (Å²) in [6.45, 7) is 3.28. The molecule has 0 aliphatic carbocycles. The van der Waals surface area contributed by atoms with E-state index >= 15 is 0 Å². The van der Waals surface area contributed by atoms with E-state index in [-0.39, 0.29) is 0 Å². The van der Waals surface area contributed by atoms with Gasteiger partial charge in [-0.15, -0.1) is 0 Å². The number of hydrogen-bond donors (Lipinski definition) is 0. The zero-order valence-corrected chi connectivity index (χ0v) is 11.6. The smallest absolute Gasteiger partial charge is 0.264 e. The summed E-state index contributed by atoms with van der Waals surface area (Å²) in [5.41, 5.74) is 1.07. The van der Waals surface area contributed by atoms with Crippen molar-refractivity contribution in [3.05, 3.63) is 24.3 Å². The maximum Gasteiger partial charge on any atom is 0.264 e. The summed E-state index contributed by atoms with van der Waals surface area (Å²) < 4.78 is 11.1. The molecule has 1 aliphatic heterocycles. The first-order chi connectivity index (χ1) is 8.68. The van der Waals surface area contributed by atoms with E-state index in [4.69, 9.17) is 21.7 Å². The lowest BCUT2D eigenvalue weighted by Gasteiger charge is -2.30. The average molecular weight is 266 g/mol. The summed E-state index contributed by atoms with van der Waals surface area (Å²) in [6.07, 6.45) is 0. The fourth-order valence-corrected chi connectivity index (χ4v) is 1.88. The van der Waals surface area contributed by atoms with Gasteiger partial charge in [0.05, 0.1) is 18.9 Å². The Morgan fingerprint density at radius 2 is 1.94 bits per heavy atom. The Bertz CT molecular complexity index is 417. The Kier molecular flexibility index (Phi) is 4.38. The minimum absolute atomic E-state index is 0.468. The maximum atomic E-state index is 5.74. The van der Waals surface area contributed by atoms with Crippen LogP contribution in [-0.4, -0.2) is 50.5 Å². The van der Waals surface area contributed by atoms with Gasteiger partial charge in [0.15, 0.2) is 5.75 Å². The normalized spacial score (nSPS) is 15.3. The van der Waals surface area contributed by atoms with E-state index in [9.17, 15) is 0 Å². The molecule has 0 spiro atoms. The number of hydrogen-bond acceptors (Lipinski definition) is 4. The molecule has 1 fully saturated rings. The van der Waals surface area contributed by atoms with Crippen LogP contribution in [0.5, 0.6) is 5.75 Å². The van der Waals surface area contributed by atoms with Crippen molar-refractivity contribution in [2.45, 2.75) is 0 Å². The predicted octanol–water partition coefficient (Wildman–Crippen LogP) is 1.75. The van der Waals surface area contributed by atoms with Crippen LogP contribution in [0.25, 0.3) is 0 Å². The van der Waals surface area contributed by atoms with Crippen molar-refractivity contribution in [1.29, 1.82) is 0 Å². The van der Waals surface area contributed by atoms with E-state index in [2.05, 4.69) is 11.0 Å². The van der Waals surface area contributed by atoms with Crippen LogP contribution in [0.2, 0.25) is 0 Å². The van der Waals surface area contributed by atoms with E-state index in [0.29, 0.717) is 5.17 Å². The fourth-order valence-electron chi connectivity index (χ4n) is 1.79. The SMILES string of the molecule is CN(C)C(=S)Oc1ccccc1N1CCOCC1. The van der Waals surface area contributed by atoms with Gasteiger partial charge in [-0.25, -0.2) is 0 Å². The molecule has 5 heteroatoms. The minimum atomic E-state index is 0.468. The summed E-state index contributed by atoms with van der Waals surface area (Å²) >= 11 is 5.18. The second-order valence-electron chi connectivity index (χ2n) is 4.33. The number of benzene rings is 1. The van der Waals surface area contributed by atoms with Crippen LogP contribution in [-0.2, 0) is 4.74 Å². The molecule has 2 rings (SSSR count). The number of morpholine rings is 1. The molecular formula is C13H18N2O2S. The molecule has 98 valence electrons. The van der Waals surface area contributed by atoms with Gasteiger partial charge in [-0.2, -0.15) is 0 Å². The van der Waals surface area contributed by atoms with Crippen molar-refractivity contribution in [3.63, 3.8) is 0 Å². The maximum absolute atomic E-state index is 5.74. The van der Waals surface area contributed by atoms with Gasteiger partial charge in [-0.3, -0.25) is 0 Å². The van der Waals surface area contributed by atoms with E-state index in [1.807, 2.05) is 32.3 Å². The predicted molar refractivity (Wildman–Crippen MR) is 76.4 cm³/mol. The first-order valence-corrected chi connectivity index (χ1v) is 6.40. The molecule has 0 N–H and O–H groups in total. The largest absolute Gasteiger partial charge is 0.430 e. The van der Waals surface area contributed by atoms with Gasteiger partial charge in [0, 0.05) is 27.2 Å². The van der Waals surface area contributed by atoms with Crippen LogP contribution < -0.4 is 9.64 Å². The lowest BCUT2D eigenvalue weighted by Crippen LogP contribution is -2.36. The van der Waals surface area contributed by atoms with Crippen LogP contribution in [0.1, 0.15) is 0 Å². The Morgan fingerprint density at radius 3 is 2.61 bits per heavy atom. The van der Waals surface area contributed by atoms with Gasteiger partial charge >= 0.3 is 0 Å². The second kappa shape index (κ2) is 6.02. The summed E-state index contributed by atoms with van der Waals surface area (Å²) in [5, 5.41) is 0.468. The summed E-state index contributed by atoms with van der Waals surface area (Å²) in [6, 6.07) is 7.97. The zero-order chi connectivity index (χ0) is 13.0. The third kappa shape index (κ3) is 3.11. The van der Waals surface area contributed by atoms with Gasteiger partial charge in [-0.1, -0.05) is 12.1 Å². The third-order valence-corrected chi connectivity index (χ3v) is 3.23. The van der Waals surface area contributed by atoms with E-state index in [0.717, 1.165) is 37.7 Å². The van der Waals surface area contributed by atoms with Crippen LogP contribution in [0.3, 0.4) is 0 Å². The molecule has 1 aliphatic rings. The van der Waals surface area contributed by atoms with Crippen molar-refractivity contribution < 1.29 is 9.47 Å². The number of ether oxygens (including phenoxy) is 2. The van der Waals surface area contributed by atoms with Gasteiger partial charge in [0.1, 0.15) is 0 Å². The Morgan fingerprint density at radius 1 is 1.28 bits per heavy atom. The van der Waals surface area contributed by atoms with E-state index in [1.54, 1.807) is 4.90 Å². The highest BCUT2D eigenvalue weighted by Crippen LogP contribution is 2.28. The first kappa shape index (κ1) is 13.1. The highest BCUT2D eigenvalue weighted by molar-refractivity contribution is 7.80. The summed E-state index contributed by atoms with van der Waals surface area (Å²) in [4.78, 5) is 4.04. The minimum Gasteiger partial charge on any atom is -0.430 e. The Hall–Kier alpha value is -1.33. The Balaban J connectivity index is 2.16. The van der Waals surface area contributed by atoms with Gasteiger partial charge < -0.3 is 19.3 Å². The van der Waals surface area contributed by atoms with Crippen molar-refractivity contribution in [2.75, 3.05) is 45.3 Å². The van der Waals surface area contributed by atoms with E-state index < -0.39 is 0 Å². The van der Waals surface area contributed by atoms with Crippen molar-refractivity contribution in [3.8, 4) is 5.75 Å². The molecule has 4 nitrogen and oxygen atoms in total. The van der Waals surface area contributed by atoms with Crippen LogP contribution in [0, 0.1) is 0 Å². The molecule has 18 heavy (non-hydrogen) atoms. The molecule has 0 saturated carbocycles. The number of anilines is 1. The number of rotatable bonds is 2. The lowest BCUT2D eigenvalue weighted by molar-refractivity contribution is 0.122. The molecule has 0 aromatic heterocycles. The molecule has 0 bridgehead atoms. The van der Waals surface area contributed by atoms with Gasteiger partial charge in [0.2, 0.25) is 0 Å². The molecule has 0 radical (unpaired) electrons. The molecule has 0 amide bonds. The third-order valence-electron chi connectivity index (χ3n) is 2.78. The zero-order valence-electron chi connectivity index (χ0n) is 10.8. The molecule has 0 atom stereocenters. The van der Waals surface area contributed by atoms with Crippen LogP contribution >= 0.6 is 12.2 Å². The molecule has 1 heterocycles. The number of nitrogens with zero attached hydrogens (tertiary/aromatic N) is 2. The van der Waals surface area contributed by atoms with Crippen LogP contribution in [0.4, 0.5) is 5.69 Å². The van der Waals surface area contributed by atoms with Gasteiger partial charge in [0.25, 0.3) is 5.17 Å². The Labute approximate surface area is 113 Å². The van der Waals surface area contributed by atoms with Crippen molar-refractivity contribution in [1.82, 2.24) is 4.90 Å². The molecule has 0 unspecified atom stereocenters. The number of para-hydroxylation sites is 2. The molecule has 1 aromatic carbocycles. The molecular weight excluding hydrogens is 248 g/mol. The monoisotopic (exact) mass is 266 g/mol. The standard InChI is InChI=1S/C13H18N2O2S/c1-14(2)13(18)17-12-6-4-3-5-11(12)15-7-9-16-10-8-15/h3-6H,7-10H2,1-2H3. The number of thiocarbonyl (C=S) groups is 1. The summed E-state index contributed by atoms with van der Waals surface area (Å²) in [5.74, 6) is 0.804. The topological polar surface area (TPSA) is 24.9 Å². The second-order valence-corrected chi connectivity index (χ2v) is 4.68. The van der Waals surface area contributed by atoms with E-state index in [1.165, 1.54) is 0 Å². The average Bonchev–Trinajstić information content (AvgIpc) is 2.40. The van der Waals surface area contributed by atoms with Crippen LogP contribution in [0.15, 0.2) is 24.3 Å². The molecule has 1 saturated heterocycles.